The minimum Gasteiger partial charge on any atom is -0.497 e. The summed E-state index contributed by atoms with van der Waals surface area (Å²) in [5, 5.41) is 2.90. The lowest BCUT2D eigenvalue weighted by Crippen LogP contribution is -2.31. The van der Waals surface area contributed by atoms with E-state index in [1.807, 2.05) is 31.2 Å². The van der Waals surface area contributed by atoms with Gasteiger partial charge in [-0.25, -0.2) is 0 Å². The Labute approximate surface area is 136 Å². The molecule has 2 rings (SSSR count). The number of hydrogen-bond acceptors (Lipinski definition) is 4. The van der Waals surface area contributed by atoms with Crippen molar-refractivity contribution in [2.75, 3.05) is 20.8 Å². The Morgan fingerprint density at radius 3 is 2.30 bits per heavy atom. The average molecular weight is 315 g/mol. The first-order chi connectivity index (χ1) is 11.1. The molecule has 0 aliphatic carbocycles. The summed E-state index contributed by atoms with van der Waals surface area (Å²) in [7, 11) is 3.21. The molecule has 2 aromatic carbocycles. The molecule has 23 heavy (non-hydrogen) atoms. The van der Waals surface area contributed by atoms with Crippen molar-refractivity contribution in [2.45, 2.75) is 13.0 Å². The van der Waals surface area contributed by atoms with Gasteiger partial charge in [0.15, 0.2) is 6.61 Å². The lowest BCUT2D eigenvalue weighted by Gasteiger charge is -2.17. The van der Waals surface area contributed by atoms with Crippen molar-refractivity contribution in [1.29, 1.82) is 0 Å². The highest BCUT2D eigenvalue weighted by molar-refractivity contribution is 5.78. The Morgan fingerprint density at radius 2 is 1.65 bits per heavy atom. The van der Waals surface area contributed by atoms with Crippen LogP contribution in [0.5, 0.6) is 17.2 Å². The predicted molar refractivity (Wildman–Crippen MR) is 88.0 cm³/mol. The molecule has 0 bridgehead atoms. The zero-order chi connectivity index (χ0) is 16.7. The Hall–Kier alpha value is -2.69. The first kappa shape index (κ1) is 16.7. The second-order valence-electron chi connectivity index (χ2n) is 5.00. The molecule has 1 amide bonds. The van der Waals surface area contributed by atoms with E-state index in [1.54, 1.807) is 38.5 Å². The molecule has 0 aromatic heterocycles. The molecule has 5 nitrogen and oxygen atoms in total. The van der Waals surface area contributed by atoms with Gasteiger partial charge in [-0.15, -0.1) is 0 Å². The van der Waals surface area contributed by atoms with Crippen LogP contribution < -0.4 is 19.5 Å². The van der Waals surface area contributed by atoms with E-state index < -0.39 is 0 Å². The van der Waals surface area contributed by atoms with E-state index >= 15 is 0 Å². The molecule has 1 unspecified atom stereocenters. The van der Waals surface area contributed by atoms with Crippen molar-refractivity contribution in [3.05, 3.63) is 54.1 Å². The largest absolute Gasteiger partial charge is 0.497 e. The van der Waals surface area contributed by atoms with Gasteiger partial charge in [0.25, 0.3) is 5.91 Å². The van der Waals surface area contributed by atoms with Crippen LogP contribution in [0.2, 0.25) is 0 Å². The van der Waals surface area contributed by atoms with Crippen molar-refractivity contribution in [1.82, 2.24) is 5.32 Å². The number of carbonyl (C=O) groups excluding carboxylic acids is 1. The Kier molecular flexibility index (Phi) is 5.86. The van der Waals surface area contributed by atoms with Gasteiger partial charge >= 0.3 is 0 Å². The molecule has 122 valence electrons. The van der Waals surface area contributed by atoms with Crippen LogP contribution in [-0.4, -0.2) is 26.7 Å². The Balaban J connectivity index is 1.88. The normalized spacial score (nSPS) is 11.4. The molecular weight excluding hydrogens is 294 g/mol. The molecule has 2 aromatic rings. The summed E-state index contributed by atoms with van der Waals surface area (Å²) < 4.78 is 15.8. The van der Waals surface area contributed by atoms with Crippen LogP contribution in [0, 0.1) is 0 Å². The van der Waals surface area contributed by atoms with E-state index in [0.717, 1.165) is 17.1 Å². The van der Waals surface area contributed by atoms with E-state index in [0.29, 0.717) is 5.75 Å². The zero-order valence-corrected chi connectivity index (χ0v) is 13.5. The number of rotatable bonds is 7. The predicted octanol–water partition coefficient (Wildman–Crippen LogP) is 2.96. The number of hydrogen-bond donors (Lipinski definition) is 1. The van der Waals surface area contributed by atoms with Gasteiger partial charge in [0.05, 0.1) is 20.3 Å². The van der Waals surface area contributed by atoms with Crippen LogP contribution in [0.1, 0.15) is 18.5 Å². The van der Waals surface area contributed by atoms with Crippen LogP contribution in [0.4, 0.5) is 0 Å². The molecule has 0 aliphatic heterocycles. The second-order valence-corrected chi connectivity index (χ2v) is 5.00. The number of nitrogens with one attached hydrogen (secondary N) is 1. The molecule has 0 saturated heterocycles. The molecule has 0 radical (unpaired) electrons. The van der Waals surface area contributed by atoms with Crippen molar-refractivity contribution >= 4 is 5.91 Å². The molecule has 0 aliphatic rings. The summed E-state index contributed by atoms with van der Waals surface area (Å²) in [5.41, 5.74) is 0.924. The van der Waals surface area contributed by atoms with E-state index in [4.69, 9.17) is 14.2 Å². The minimum atomic E-state index is -0.195. The zero-order valence-electron chi connectivity index (χ0n) is 13.5. The molecular formula is C18H21NO4. The number of carbonyl (C=O) groups is 1. The van der Waals surface area contributed by atoms with Crippen LogP contribution in [0.25, 0.3) is 0 Å². The van der Waals surface area contributed by atoms with Crippen LogP contribution in [0.3, 0.4) is 0 Å². The van der Waals surface area contributed by atoms with Gasteiger partial charge in [-0.1, -0.05) is 18.2 Å². The summed E-state index contributed by atoms with van der Waals surface area (Å²) >= 11 is 0. The van der Waals surface area contributed by atoms with Gasteiger partial charge < -0.3 is 19.5 Å². The van der Waals surface area contributed by atoms with E-state index in [9.17, 15) is 4.79 Å². The van der Waals surface area contributed by atoms with Gasteiger partial charge in [-0.3, -0.25) is 4.79 Å². The smallest absolute Gasteiger partial charge is 0.258 e. The SMILES string of the molecule is COc1ccc(OCC(=O)NC(C)c2ccccc2OC)cc1. The summed E-state index contributed by atoms with van der Waals surface area (Å²) in [5.74, 6) is 1.91. The van der Waals surface area contributed by atoms with E-state index in [1.165, 1.54) is 0 Å². The number of methoxy groups -OCH3 is 2. The van der Waals surface area contributed by atoms with Crippen LogP contribution in [0.15, 0.2) is 48.5 Å². The fourth-order valence-corrected chi connectivity index (χ4v) is 2.21. The van der Waals surface area contributed by atoms with Gasteiger partial charge in [-0.05, 0) is 37.3 Å². The Morgan fingerprint density at radius 1 is 1.00 bits per heavy atom. The van der Waals surface area contributed by atoms with Crippen LogP contribution in [-0.2, 0) is 4.79 Å². The van der Waals surface area contributed by atoms with Crippen molar-refractivity contribution in [3.8, 4) is 17.2 Å². The standard InChI is InChI=1S/C18H21NO4/c1-13(16-6-4-5-7-17(16)22-3)19-18(20)12-23-15-10-8-14(21-2)9-11-15/h4-11,13H,12H2,1-3H3,(H,19,20). The third-order valence-electron chi connectivity index (χ3n) is 3.41. The summed E-state index contributed by atoms with van der Waals surface area (Å²) in [4.78, 5) is 12.0. The fraction of sp³-hybridized carbons (Fsp3) is 0.278. The first-order valence-electron chi connectivity index (χ1n) is 7.33. The Bertz CT molecular complexity index is 640. The molecule has 0 heterocycles. The second kappa shape index (κ2) is 8.08. The quantitative estimate of drug-likeness (QED) is 0.853. The molecule has 0 spiro atoms. The minimum absolute atomic E-state index is 0.0498. The third-order valence-corrected chi connectivity index (χ3v) is 3.41. The monoisotopic (exact) mass is 315 g/mol. The van der Waals surface area contributed by atoms with Crippen molar-refractivity contribution in [2.24, 2.45) is 0 Å². The third kappa shape index (κ3) is 4.64. The fourth-order valence-electron chi connectivity index (χ4n) is 2.21. The van der Waals surface area contributed by atoms with Gasteiger partial charge in [0, 0.05) is 5.56 Å². The summed E-state index contributed by atoms with van der Waals surface area (Å²) in [6, 6.07) is 14.5. The van der Waals surface area contributed by atoms with Gasteiger partial charge in [0.2, 0.25) is 0 Å². The topological polar surface area (TPSA) is 56.8 Å². The first-order valence-corrected chi connectivity index (χ1v) is 7.33. The highest BCUT2D eigenvalue weighted by Crippen LogP contribution is 2.24. The number of para-hydroxylation sites is 1. The van der Waals surface area contributed by atoms with E-state index in [-0.39, 0.29) is 18.6 Å². The number of ether oxygens (including phenoxy) is 3. The summed E-state index contributed by atoms with van der Waals surface area (Å²) in [6.45, 7) is 1.86. The van der Waals surface area contributed by atoms with Crippen molar-refractivity contribution < 1.29 is 19.0 Å². The highest BCUT2D eigenvalue weighted by atomic mass is 16.5. The number of benzene rings is 2. The van der Waals surface area contributed by atoms with Crippen LogP contribution >= 0.6 is 0 Å². The van der Waals surface area contributed by atoms with E-state index in [2.05, 4.69) is 5.32 Å². The van der Waals surface area contributed by atoms with Gasteiger partial charge in [0.1, 0.15) is 17.2 Å². The molecule has 0 fully saturated rings. The molecule has 1 N–H and O–H groups in total. The molecule has 5 heteroatoms. The number of amides is 1. The lowest BCUT2D eigenvalue weighted by molar-refractivity contribution is -0.123. The maximum absolute atomic E-state index is 12.0. The maximum Gasteiger partial charge on any atom is 0.258 e. The molecule has 0 saturated carbocycles. The molecule has 1 atom stereocenters. The summed E-state index contributed by atoms with van der Waals surface area (Å²) in [6.07, 6.45) is 0. The van der Waals surface area contributed by atoms with Crippen molar-refractivity contribution in [3.63, 3.8) is 0 Å². The van der Waals surface area contributed by atoms with Gasteiger partial charge in [-0.2, -0.15) is 0 Å². The maximum atomic E-state index is 12.0. The average Bonchev–Trinajstić information content (AvgIpc) is 2.60. The lowest BCUT2D eigenvalue weighted by atomic mass is 10.1. The highest BCUT2D eigenvalue weighted by Gasteiger charge is 2.13.